The third-order valence-corrected chi connectivity index (χ3v) is 2.23. The molecule has 0 bridgehead atoms. The van der Waals surface area contributed by atoms with Crippen molar-refractivity contribution in [1.29, 1.82) is 0 Å². The lowest BCUT2D eigenvalue weighted by atomic mass is 10.3. The molecule has 1 rings (SSSR count). The summed E-state index contributed by atoms with van der Waals surface area (Å²) in [6, 6.07) is 1.46. The number of ether oxygens (including phenoxy) is 1. The van der Waals surface area contributed by atoms with Gasteiger partial charge in [-0.15, -0.1) is 0 Å². The summed E-state index contributed by atoms with van der Waals surface area (Å²) < 4.78 is 6.62. The number of pyridine rings is 1. The number of rotatable bonds is 2. The van der Waals surface area contributed by atoms with Crippen LogP contribution in [0.4, 0.5) is 0 Å². The average molecular weight is 260 g/mol. The van der Waals surface area contributed by atoms with Crippen LogP contribution in [0.5, 0.6) is 0 Å². The Morgan fingerprint density at radius 2 is 2.29 bits per heavy atom. The first kappa shape index (κ1) is 11.0. The van der Waals surface area contributed by atoms with Crippen molar-refractivity contribution in [2.24, 2.45) is 0 Å². The Kier molecular flexibility index (Phi) is 3.46. The van der Waals surface area contributed by atoms with E-state index in [0.717, 1.165) is 0 Å². The highest BCUT2D eigenvalue weighted by Gasteiger charge is 2.13. The molecule has 1 aromatic rings. The minimum Gasteiger partial charge on any atom is -0.465 e. The van der Waals surface area contributed by atoms with E-state index in [2.05, 4.69) is 20.7 Å². The monoisotopic (exact) mass is 259 g/mol. The Morgan fingerprint density at radius 1 is 1.64 bits per heavy atom. The van der Waals surface area contributed by atoms with E-state index >= 15 is 0 Å². The van der Waals surface area contributed by atoms with Crippen LogP contribution in [-0.4, -0.2) is 17.6 Å². The fraction of sp³-hybridized carbons (Fsp3) is 0.333. The number of carbonyl (C=O) groups excluding carboxylic acids is 1. The number of nitrogens with zero attached hydrogens (tertiary/aromatic N) is 1. The van der Waals surface area contributed by atoms with E-state index in [1.807, 2.05) is 6.92 Å². The van der Waals surface area contributed by atoms with Crippen LogP contribution in [0.25, 0.3) is 0 Å². The molecule has 0 saturated carbocycles. The summed E-state index contributed by atoms with van der Waals surface area (Å²) in [5.41, 5.74) is -0.286. The lowest BCUT2D eigenvalue weighted by molar-refractivity contribution is 0.0598. The molecular weight excluding hydrogens is 250 g/mol. The van der Waals surface area contributed by atoms with Crippen molar-refractivity contribution in [2.75, 3.05) is 7.11 Å². The van der Waals surface area contributed by atoms with Gasteiger partial charge in [-0.3, -0.25) is 4.79 Å². The summed E-state index contributed by atoms with van der Waals surface area (Å²) in [4.78, 5) is 22.8. The summed E-state index contributed by atoms with van der Waals surface area (Å²) >= 11 is 3.22. The van der Waals surface area contributed by atoms with Crippen molar-refractivity contribution in [3.63, 3.8) is 0 Å². The number of esters is 1. The van der Waals surface area contributed by atoms with Gasteiger partial charge in [0.05, 0.1) is 7.11 Å². The molecule has 0 aliphatic carbocycles. The van der Waals surface area contributed by atoms with Crippen LogP contribution in [0.1, 0.15) is 17.3 Å². The SMILES string of the molecule is CCn1cc(Br)cc(C(=O)OC)c1=O. The van der Waals surface area contributed by atoms with E-state index in [9.17, 15) is 9.59 Å². The highest BCUT2D eigenvalue weighted by molar-refractivity contribution is 9.10. The van der Waals surface area contributed by atoms with Gasteiger partial charge in [0.25, 0.3) is 5.56 Å². The first-order chi connectivity index (χ1) is 6.60. The van der Waals surface area contributed by atoms with Crippen LogP contribution in [0, 0.1) is 0 Å². The maximum absolute atomic E-state index is 11.6. The van der Waals surface area contributed by atoms with E-state index in [-0.39, 0.29) is 11.1 Å². The van der Waals surface area contributed by atoms with Crippen molar-refractivity contribution in [3.8, 4) is 0 Å². The highest BCUT2D eigenvalue weighted by Crippen LogP contribution is 2.09. The predicted octanol–water partition coefficient (Wildman–Crippen LogP) is 1.42. The van der Waals surface area contributed by atoms with E-state index in [4.69, 9.17) is 0 Å². The second-order valence-electron chi connectivity index (χ2n) is 2.65. The Morgan fingerprint density at radius 3 is 2.79 bits per heavy atom. The van der Waals surface area contributed by atoms with Gasteiger partial charge in [0.15, 0.2) is 0 Å². The van der Waals surface area contributed by atoms with Crippen molar-refractivity contribution < 1.29 is 9.53 Å². The topological polar surface area (TPSA) is 48.3 Å². The molecule has 14 heavy (non-hydrogen) atoms. The van der Waals surface area contributed by atoms with Gasteiger partial charge in [0.1, 0.15) is 5.56 Å². The molecule has 0 N–H and O–H groups in total. The summed E-state index contributed by atoms with van der Waals surface area (Å²) in [6.07, 6.45) is 1.63. The third-order valence-electron chi connectivity index (χ3n) is 1.80. The molecule has 0 saturated heterocycles. The van der Waals surface area contributed by atoms with Crippen molar-refractivity contribution >= 4 is 21.9 Å². The third kappa shape index (κ3) is 2.04. The van der Waals surface area contributed by atoms with Crippen molar-refractivity contribution in [1.82, 2.24) is 4.57 Å². The van der Waals surface area contributed by atoms with Gasteiger partial charge in [0, 0.05) is 17.2 Å². The van der Waals surface area contributed by atoms with E-state index in [1.165, 1.54) is 17.7 Å². The summed E-state index contributed by atoms with van der Waals surface area (Å²) in [7, 11) is 1.25. The molecule has 0 radical (unpaired) electrons. The van der Waals surface area contributed by atoms with Crippen LogP contribution >= 0.6 is 15.9 Å². The molecule has 4 nitrogen and oxygen atoms in total. The Labute approximate surface area is 89.6 Å². The minimum absolute atomic E-state index is 0.0451. The largest absolute Gasteiger partial charge is 0.465 e. The van der Waals surface area contributed by atoms with Crippen LogP contribution in [0.3, 0.4) is 0 Å². The van der Waals surface area contributed by atoms with Gasteiger partial charge in [-0.2, -0.15) is 0 Å². The van der Waals surface area contributed by atoms with Crippen LogP contribution < -0.4 is 5.56 Å². The zero-order valence-electron chi connectivity index (χ0n) is 7.91. The first-order valence-electron chi connectivity index (χ1n) is 4.08. The quantitative estimate of drug-likeness (QED) is 0.755. The van der Waals surface area contributed by atoms with Gasteiger partial charge in [-0.05, 0) is 28.9 Å². The summed E-state index contributed by atoms with van der Waals surface area (Å²) in [5.74, 6) is -0.612. The van der Waals surface area contributed by atoms with E-state index in [1.54, 1.807) is 6.20 Å². The molecule has 1 heterocycles. The molecule has 0 atom stereocenters. The molecule has 1 aromatic heterocycles. The molecular formula is C9H10BrNO3. The maximum Gasteiger partial charge on any atom is 0.343 e. The molecule has 5 heteroatoms. The fourth-order valence-corrected chi connectivity index (χ4v) is 1.57. The number of hydrogen-bond donors (Lipinski definition) is 0. The molecule has 0 unspecified atom stereocenters. The van der Waals surface area contributed by atoms with Crippen LogP contribution in [0.15, 0.2) is 21.5 Å². The summed E-state index contributed by atoms with van der Waals surface area (Å²) in [5, 5.41) is 0. The number of halogens is 1. The molecule has 0 fully saturated rings. The first-order valence-corrected chi connectivity index (χ1v) is 4.87. The minimum atomic E-state index is -0.612. The number of methoxy groups -OCH3 is 1. The zero-order valence-corrected chi connectivity index (χ0v) is 9.50. The average Bonchev–Trinajstić information content (AvgIpc) is 2.19. The zero-order chi connectivity index (χ0) is 10.7. The smallest absolute Gasteiger partial charge is 0.343 e. The molecule has 0 aliphatic rings. The van der Waals surface area contributed by atoms with Gasteiger partial charge >= 0.3 is 5.97 Å². The van der Waals surface area contributed by atoms with Crippen LogP contribution in [-0.2, 0) is 11.3 Å². The number of carbonyl (C=O) groups is 1. The second-order valence-corrected chi connectivity index (χ2v) is 3.57. The van der Waals surface area contributed by atoms with Crippen molar-refractivity contribution in [3.05, 3.63) is 32.7 Å². The number of aromatic nitrogens is 1. The fourth-order valence-electron chi connectivity index (χ4n) is 1.09. The molecule has 0 spiro atoms. The maximum atomic E-state index is 11.6. The Bertz CT molecular complexity index is 411. The van der Waals surface area contributed by atoms with Gasteiger partial charge in [0.2, 0.25) is 0 Å². The van der Waals surface area contributed by atoms with Gasteiger partial charge in [-0.1, -0.05) is 0 Å². The summed E-state index contributed by atoms with van der Waals surface area (Å²) in [6.45, 7) is 2.34. The highest BCUT2D eigenvalue weighted by atomic mass is 79.9. The van der Waals surface area contributed by atoms with E-state index in [0.29, 0.717) is 11.0 Å². The molecule has 76 valence electrons. The molecule has 0 amide bonds. The van der Waals surface area contributed by atoms with Gasteiger partial charge < -0.3 is 9.30 Å². The predicted molar refractivity (Wildman–Crippen MR) is 55.4 cm³/mol. The lowest BCUT2D eigenvalue weighted by Gasteiger charge is -2.05. The number of aryl methyl sites for hydroxylation is 1. The normalized spacial score (nSPS) is 9.93. The van der Waals surface area contributed by atoms with Gasteiger partial charge in [-0.25, -0.2) is 4.79 Å². The van der Waals surface area contributed by atoms with Crippen molar-refractivity contribution in [2.45, 2.75) is 13.5 Å². The Hall–Kier alpha value is -1.10. The molecule has 0 aromatic carbocycles. The van der Waals surface area contributed by atoms with Crippen LogP contribution in [0.2, 0.25) is 0 Å². The number of hydrogen-bond acceptors (Lipinski definition) is 3. The lowest BCUT2D eigenvalue weighted by Crippen LogP contribution is -2.26. The second kappa shape index (κ2) is 4.41. The standard InChI is InChI=1S/C9H10BrNO3/c1-3-11-5-6(10)4-7(8(11)12)9(13)14-2/h4-5H,3H2,1-2H3. The Balaban J connectivity index is 3.37. The van der Waals surface area contributed by atoms with E-state index < -0.39 is 5.97 Å². The molecule has 0 aliphatic heterocycles.